The molecule has 33 heavy (non-hydrogen) atoms. The van der Waals surface area contributed by atoms with Crippen LogP contribution in [0, 0.1) is 0 Å². The molecule has 0 aliphatic carbocycles. The Morgan fingerprint density at radius 1 is 1.18 bits per heavy atom. The Balaban J connectivity index is 1.95. The van der Waals surface area contributed by atoms with Crippen molar-refractivity contribution in [2.75, 3.05) is 32.1 Å². The number of methoxy groups -OCH3 is 1. The van der Waals surface area contributed by atoms with Crippen molar-refractivity contribution in [1.29, 1.82) is 0 Å². The summed E-state index contributed by atoms with van der Waals surface area (Å²) in [5, 5.41) is 1.26. The SMILES string of the molecule is COc1nc(N(C)CCCCCN)ccc1-c1cc2c(C(=O)OC(C)(C)C)c[nH]c2cc1Cl. The third kappa shape index (κ3) is 5.97. The summed E-state index contributed by atoms with van der Waals surface area (Å²) in [6.45, 7) is 7.12. The van der Waals surface area contributed by atoms with Crippen molar-refractivity contribution in [3.63, 3.8) is 0 Å². The molecule has 7 nitrogen and oxygen atoms in total. The van der Waals surface area contributed by atoms with Gasteiger partial charge in [0.15, 0.2) is 0 Å². The highest BCUT2D eigenvalue weighted by molar-refractivity contribution is 6.34. The first-order chi connectivity index (χ1) is 15.6. The summed E-state index contributed by atoms with van der Waals surface area (Å²) >= 11 is 6.62. The number of carbonyl (C=O) groups excluding carboxylic acids is 1. The number of esters is 1. The number of ether oxygens (including phenoxy) is 2. The molecule has 0 spiro atoms. The van der Waals surface area contributed by atoms with Crippen molar-refractivity contribution < 1.29 is 14.3 Å². The minimum Gasteiger partial charge on any atom is -0.480 e. The van der Waals surface area contributed by atoms with Crippen LogP contribution in [0.4, 0.5) is 5.82 Å². The Bertz CT molecular complexity index is 1120. The normalized spacial score (nSPS) is 11.6. The van der Waals surface area contributed by atoms with Gasteiger partial charge in [0, 0.05) is 41.8 Å². The van der Waals surface area contributed by atoms with Crippen LogP contribution in [0.3, 0.4) is 0 Å². The van der Waals surface area contributed by atoms with Crippen LogP contribution in [0.15, 0.2) is 30.5 Å². The van der Waals surface area contributed by atoms with Crippen LogP contribution in [-0.4, -0.2) is 48.8 Å². The van der Waals surface area contributed by atoms with Crippen molar-refractivity contribution in [2.24, 2.45) is 5.73 Å². The maximum atomic E-state index is 12.7. The number of benzene rings is 1. The smallest absolute Gasteiger partial charge is 0.340 e. The average Bonchev–Trinajstić information content (AvgIpc) is 3.17. The number of carbonyl (C=O) groups is 1. The molecule has 0 unspecified atom stereocenters. The number of aromatic nitrogens is 2. The van der Waals surface area contributed by atoms with Crippen LogP contribution in [0.5, 0.6) is 5.88 Å². The Kier molecular flexibility index (Phi) is 7.87. The fraction of sp³-hybridized carbons (Fsp3) is 0.440. The Labute approximate surface area is 200 Å². The van der Waals surface area contributed by atoms with Gasteiger partial charge in [0.1, 0.15) is 11.4 Å². The lowest BCUT2D eigenvalue weighted by atomic mass is 10.0. The van der Waals surface area contributed by atoms with E-state index in [9.17, 15) is 4.79 Å². The van der Waals surface area contributed by atoms with Crippen molar-refractivity contribution in [3.8, 4) is 17.0 Å². The predicted molar refractivity (Wildman–Crippen MR) is 134 cm³/mol. The van der Waals surface area contributed by atoms with Crippen LogP contribution in [0.1, 0.15) is 50.4 Å². The molecule has 178 valence electrons. The van der Waals surface area contributed by atoms with E-state index in [1.807, 2.05) is 46.0 Å². The Morgan fingerprint density at radius 2 is 1.94 bits per heavy atom. The summed E-state index contributed by atoms with van der Waals surface area (Å²) in [6, 6.07) is 7.58. The maximum Gasteiger partial charge on any atom is 0.340 e. The van der Waals surface area contributed by atoms with Gasteiger partial charge in [-0.3, -0.25) is 0 Å². The van der Waals surface area contributed by atoms with Gasteiger partial charge in [-0.05, 0) is 64.4 Å². The van der Waals surface area contributed by atoms with Crippen LogP contribution in [-0.2, 0) is 4.74 Å². The van der Waals surface area contributed by atoms with Crippen molar-refractivity contribution in [3.05, 3.63) is 41.0 Å². The van der Waals surface area contributed by atoms with Crippen LogP contribution in [0.2, 0.25) is 5.02 Å². The van der Waals surface area contributed by atoms with Crippen LogP contribution < -0.4 is 15.4 Å². The number of hydrogen-bond acceptors (Lipinski definition) is 6. The molecule has 0 atom stereocenters. The molecular formula is C25H33ClN4O3. The van der Waals surface area contributed by atoms with E-state index in [0.717, 1.165) is 53.7 Å². The van der Waals surface area contributed by atoms with E-state index in [-0.39, 0.29) is 0 Å². The molecule has 3 N–H and O–H groups in total. The predicted octanol–water partition coefficient (Wildman–Crippen LogP) is 5.41. The van der Waals surface area contributed by atoms with Crippen molar-refractivity contribution in [2.45, 2.75) is 45.6 Å². The molecule has 2 aromatic heterocycles. The Hall–Kier alpha value is -2.77. The van der Waals surface area contributed by atoms with E-state index in [0.29, 0.717) is 23.0 Å². The second-order valence-corrected chi connectivity index (χ2v) is 9.49. The molecule has 2 heterocycles. The minimum atomic E-state index is -0.588. The molecular weight excluding hydrogens is 440 g/mol. The lowest BCUT2D eigenvalue weighted by Crippen LogP contribution is -2.23. The fourth-order valence-electron chi connectivity index (χ4n) is 3.64. The summed E-state index contributed by atoms with van der Waals surface area (Å²) in [7, 11) is 3.60. The number of pyridine rings is 1. The second kappa shape index (κ2) is 10.4. The molecule has 0 aliphatic heterocycles. The van der Waals surface area contributed by atoms with E-state index in [4.69, 9.17) is 31.8 Å². The van der Waals surface area contributed by atoms with E-state index in [2.05, 4.69) is 9.88 Å². The quantitative estimate of drug-likeness (QED) is 0.319. The molecule has 0 aliphatic rings. The van der Waals surface area contributed by atoms with E-state index in [1.54, 1.807) is 19.4 Å². The largest absolute Gasteiger partial charge is 0.480 e. The number of aromatic amines is 1. The van der Waals surface area contributed by atoms with Crippen molar-refractivity contribution in [1.82, 2.24) is 9.97 Å². The van der Waals surface area contributed by atoms with Crippen LogP contribution >= 0.6 is 11.6 Å². The molecule has 3 aromatic rings. The molecule has 0 amide bonds. The van der Waals surface area contributed by atoms with Gasteiger partial charge in [0.05, 0.1) is 17.7 Å². The number of H-pyrrole nitrogens is 1. The minimum absolute atomic E-state index is 0.390. The zero-order chi connectivity index (χ0) is 24.2. The van der Waals surface area contributed by atoms with Crippen LogP contribution in [0.25, 0.3) is 22.0 Å². The molecule has 0 radical (unpaired) electrons. The van der Waals surface area contributed by atoms with E-state index >= 15 is 0 Å². The zero-order valence-electron chi connectivity index (χ0n) is 20.0. The number of anilines is 1. The third-order valence-electron chi connectivity index (χ3n) is 5.31. The second-order valence-electron chi connectivity index (χ2n) is 9.08. The van der Waals surface area contributed by atoms with Gasteiger partial charge in [0.25, 0.3) is 0 Å². The fourth-order valence-corrected chi connectivity index (χ4v) is 3.91. The number of fused-ring (bicyclic) bond motifs is 1. The highest BCUT2D eigenvalue weighted by atomic mass is 35.5. The highest BCUT2D eigenvalue weighted by Gasteiger charge is 2.22. The number of unbranched alkanes of at least 4 members (excludes halogenated alkanes) is 2. The van der Waals surface area contributed by atoms with Gasteiger partial charge in [-0.15, -0.1) is 0 Å². The lowest BCUT2D eigenvalue weighted by molar-refractivity contribution is 0.00719. The summed E-state index contributed by atoms with van der Waals surface area (Å²) in [6.07, 6.45) is 4.80. The molecule has 0 fully saturated rings. The number of hydrogen-bond donors (Lipinski definition) is 2. The Morgan fingerprint density at radius 3 is 2.61 bits per heavy atom. The molecule has 8 heteroatoms. The number of nitrogens with zero attached hydrogens (tertiary/aromatic N) is 2. The van der Waals surface area contributed by atoms with Crippen molar-refractivity contribution >= 4 is 34.3 Å². The molecule has 3 rings (SSSR count). The zero-order valence-corrected chi connectivity index (χ0v) is 20.8. The number of nitrogens with one attached hydrogen (secondary N) is 1. The lowest BCUT2D eigenvalue weighted by Gasteiger charge is -2.20. The summed E-state index contributed by atoms with van der Waals surface area (Å²) < 4.78 is 11.2. The van der Waals surface area contributed by atoms with Gasteiger partial charge < -0.3 is 25.1 Å². The van der Waals surface area contributed by atoms with Gasteiger partial charge in [-0.2, -0.15) is 4.98 Å². The third-order valence-corrected chi connectivity index (χ3v) is 5.62. The van der Waals surface area contributed by atoms with Gasteiger partial charge in [-0.25, -0.2) is 4.79 Å². The first kappa shape index (κ1) is 24.9. The summed E-state index contributed by atoms with van der Waals surface area (Å²) in [5.41, 5.74) is 7.68. The molecule has 1 aromatic carbocycles. The maximum absolute atomic E-state index is 12.7. The van der Waals surface area contributed by atoms with Gasteiger partial charge in [0.2, 0.25) is 5.88 Å². The summed E-state index contributed by atoms with van der Waals surface area (Å²) in [5.74, 6) is 0.896. The first-order valence-corrected chi connectivity index (χ1v) is 11.5. The highest BCUT2D eigenvalue weighted by Crippen LogP contribution is 2.38. The van der Waals surface area contributed by atoms with E-state index < -0.39 is 11.6 Å². The first-order valence-electron chi connectivity index (χ1n) is 11.1. The van der Waals surface area contributed by atoms with Gasteiger partial charge >= 0.3 is 5.97 Å². The van der Waals surface area contributed by atoms with Gasteiger partial charge in [-0.1, -0.05) is 18.0 Å². The number of nitrogens with two attached hydrogens (primary N) is 1. The molecule has 0 saturated heterocycles. The molecule has 0 bridgehead atoms. The number of rotatable bonds is 9. The molecule has 0 saturated carbocycles. The number of halogens is 1. The average molecular weight is 473 g/mol. The monoisotopic (exact) mass is 472 g/mol. The van der Waals surface area contributed by atoms with E-state index in [1.165, 1.54) is 0 Å². The summed E-state index contributed by atoms with van der Waals surface area (Å²) in [4.78, 5) is 22.6. The topological polar surface area (TPSA) is 93.5 Å². The standard InChI is InChI=1S/C25H33ClN4O3/c1-25(2,3)33-24(31)19-15-28-21-14-20(26)17(13-18(19)21)16-9-10-22(29-23(16)32-5)30(4)12-8-6-7-11-27/h9-10,13-15,28H,6-8,11-12,27H2,1-5H3.